The van der Waals surface area contributed by atoms with Gasteiger partial charge < -0.3 is 14.4 Å². The number of likely N-dealkylation sites (N-methyl/N-ethyl adjacent to an activating group) is 1. The molecule has 7 heteroatoms. The Bertz CT molecular complexity index is 631. The van der Waals surface area contributed by atoms with Crippen molar-refractivity contribution in [3.63, 3.8) is 0 Å². The smallest absolute Gasteiger partial charge is 0.258 e. The van der Waals surface area contributed by atoms with Gasteiger partial charge in [-0.15, -0.1) is 0 Å². The number of hydrogen-bond donors (Lipinski definition) is 1. The molecule has 1 aliphatic heterocycles. The van der Waals surface area contributed by atoms with E-state index in [-0.39, 0.29) is 12.5 Å². The maximum Gasteiger partial charge on any atom is 0.258 e. The Hall–Kier alpha value is -2.56. The molecule has 1 aliphatic rings. The summed E-state index contributed by atoms with van der Waals surface area (Å²) in [6.07, 6.45) is 3.20. The van der Waals surface area contributed by atoms with Crippen molar-refractivity contribution < 1.29 is 14.3 Å². The van der Waals surface area contributed by atoms with Crippen LogP contribution in [0.15, 0.2) is 24.3 Å². The zero-order valence-electron chi connectivity index (χ0n) is 14.0. The van der Waals surface area contributed by atoms with Crippen LogP contribution in [-0.2, 0) is 4.79 Å². The molecule has 0 aliphatic carbocycles. The number of hydrogen-bond acceptors (Lipinski definition) is 6. The highest BCUT2D eigenvalue weighted by atomic mass is 16.5. The van der Waals surface area contributed by atoms with Crippen molar-refractivity contribution in [2.75, 3.05) is 46.9 Å². The number of methoxy groups -OCH3 is 1. The van der Waals surface area contributed by atoms with Gasteiger partial charge in [-0.3, -0.25) is 10.2 Å². The molecule has 24 heavy (non-hydrogen) atoms. The Kier molecular flexibility index (Phi) is 6.61. The summed E-state index contributed by atoms with van der Waals surface area (Å²) < 4.78 is 10.5. The first-order valence-electron chi connectivity index (χ1n) is 7.72. The fraction of sp³-hybridized carbons (Fsp3) is 0.412. The number of rotatable bonds is 6. The molecule has 1 aromatic carbocycles. The van der Waals surface area contributed by atoms with Gasteiger partial charge >= 0.3 is 0 Å². The minimum absolute atomic E-state index is 0.0427. The number of nitriles is 1. The zero-order chi connectivity index (χ0) is 17.4. The Morgan fingerprint density at radius 2 is 2.08 bits per heavy atom. The van der Waals surface area contributed by atoms with Crippen molar-refractivity contribution in [2.45, 2.75) is 0 Å². The molecule has 0 aromatic heterocycles. The highest BCUT2D eigenvalue weighted by Gasteiger charge is 2.14. The molecule has 2 rings (SSSR count). The standard InChI is InChI=1S/C17H22N4O3/c1-20-8-10-21(11-9-20)19-17(22)6-4-14-3-5-15(24-12-7-18)16(13-14)23-2/h3-6,13H,8-12H2,1-2H3,(H,19,22)/b6-4+. The first-order chi connectivity index (χ1) is 11.6. The van der Waals surface area contributed by atoms with Gasteiger partial charge in [0.2, 0.25) is 0 Å². The van der Waals surface area contributed by atoms with Gasteiger partial charge in [-0.25, -0.2) is 5.01 Å². The number of carbonyl (C=O) groups excluding carboxylic acids is 1. The van der Waals surface area contributed by atoms with E-state index in [0.29, 0.717) is 11.5 Å². The lowest BCUT2D eigenvalue weighted by atomic mass is 10.2. The molecule has 0 saturated carbocycles. The van der Waals surface area contributed by atoms with Gasteiger partial charge in [-0.1, -0.05) is 6.07 Å². The van der Waals surface area contributed by atoms with Crippen LogP contribution in [0.25, 0.3) is 6.08 Å². The normalized spacial score (nSPS) is 15.9. The molecule has 1 aromatic rings. The van der Waals surface area contributed by atoms with Crippen molar-refractivity contribution in [1.29, 1.82) is 5.26 Å². The lowest BCUT2D eigenvalue weighted by Gasteiger charge is -2.31. The molecule has 1 fully saturated rings. The summed E-state index contributed by atoms with van der Waals surface area (Å²) >= 11 is 0. The highest BCUT2D eigenvalue weighted by Crippen LogP contribution is 2.28. The van der Waals surface area contributed by atoms with E-state index in [4.69, 9.17) is 14.7 Å². The van der Waals surface area contributed by atoms with Crippen molar-refractivity contribution in [3.05, 3.63) is 29.8 Å². The van der Waals surface area contributed by atoms with Crippen LogP contribution < -0.4 is 14.9 Å². The number of piperazine rings is 1. The van der Waals surface area contributed by atoms with E-state index < -0.39 is 0 Å². The van der Waals surface area contributed by atoms with Crippen molar-refractivity contribution in [1.82, 2.24) is 15.3 Å². The van der Waals surface area contributed by atoms with Crippen molar-refractivity contribution in [3.8, 4) is 17.6 Å². The first-order valence-corrected chi connectivity index (χ1v) is 7.72. The Balaban J connectivity index is 1.93. The second-order valence-electron chi connectivity index (χ2n) is 5.46. The monoisotopic (exact) mass is 330 g/mol. The Labute approximate surface area is 142 Å². The molecular weight excluding hydrogens is 308 g/mol. The fourth-order valence-corrected chi connectivity index (χ4v) is 2.30. The third-order valence-corrected chi connectivity index (χ3v) is 3.68. The highest BCUT2D eigenvalue weighted by molar-refractivity contribution is 5.91. The maximum atomic E-state index is 12.0. The summed E-state index contributed by atoms with van der Waals surface area (Å²) in [4.78, 5) is 14.2. The Morgan fingerprint density at radius 1 is 1.33 bits per heavy atom. The lowest BCUT2D eigenvalue weighted by molar-refractivity contribution is -0.121. The number of ether oxygens (including phenoxy) is 2. The average molecular weight is 330 g/mol. The minimum Gasteiger partial charge on any atom is -0.493 e. The number of hydrazine groups is 1. The summed E-state index contributed by atoms with van der Waals surface area (Å²) in [6.45, 7) is 3.46. The van der Waals surface area contributed by atoms with Crippen LogP contribution in [0.3, 0.4) is 0 Å². The summed E-state index contributed by atoms with van der Waals surface area (Å²) in [5, 5.41) is 10.5. The second-order valence-corrected chi connectivity index (χ2v) is 5.46. The predicted octanol–water partition coefficient (Wildman–Crippen LogP) is 0.889. The maximum absolute atomic E-state index is 12.0. The van der Waals surface area contributed by atoms with Gasteiger partial charge in [0, 0.05) is 32.3 Å². The van der Waals surface area contributed by atoms with Gasteiger partial charge in [0.05, 0.1) is 7.11 Å². The number of benzene rings is 1. The summed E-state index contributed by atoms with van der Waals surface area (Å²) in [5.74, 6) is 0.855. The fourth-order valence-electron chi connectivity index (χ4n) is 2.30. The van der Waals surface area contributed by atoms with Crippen LogP contribution in [0, 0.1) is 11.3 Å². The SMILES string of the molecule is COc1cc(/C=C/C(=O)NN2CCN(C)CC2)ccc1OCC#N. The number of amides is 1. The van der Waals surface area contributed by atoms with Gasteiger partial charge in [0.1, 0.15) is 6.07 Å². The van der Waals surface area contributed by atoms with Gasteiger partial charge in [-0.05, 0) is 30.8 Å². The quantitative estimate of drug-likeness (QED) is 0.781. The van der Waals surface area contributed by atoms with E-state index in [2.05, 4.69) is 17.4 Å². The lowest BCUT2D eigenvalue weighted by Crippen LogP contribution is -2.52. The molecule has 128 valence electrons. The number of carbonyl (C=O) groups is 1. The minimum atomic E-state index is -0.164. The van der Waals surface area contributed by atoms with Crippen molar-refractivity contribution >= 4 is 12.0 Å². The van der Waals surface area contributed by atoms with Crippen LogP contribution in [0.1, 0.15) is 5.56 Å². The molecule has 1 saturated heterocycles. The molecule has 0 radical (unpaired) electrons. The van der Waals surface area contributed by atoms with Crippen LogP contribution in [-0.4, -0.2) is 62.8 Å². The molecule has 0 bridgehead atoms. The molecule has 0 atom stereocenters. The average Bonchev–Trinajstić information content (AvgIpc) is 2.60. The van der Waals surface area contributed by atoms with Gasteiger partial charge in [0.25, 0.3) is 5.91 Å². The molecule has 1 heterocycles. The molecule has 0 unspecified atom stereocenters. The van der Waals surface area contributed by atoms with Crippen LogP contribution in [0.5, 0.6) is 11.5 Å². The van der Waals surface area contributed by atoms with Crippen LogP contribution >= 0.6 is 0 Å². The van der Waals surface area contributed by atoms with Crippen molar-refractivity contribution in [2.24, 2.45) is 0 Å². The predicted molar refractivity (Wildman–Crippen MR) is 90.3 cm³/mol. The molecule has 1 amide bonds. The summed E-state index contributed by atoms with van der Waals surface area (Å²) in [5.41, 5.74) is 3.68. The van der Waals surface area contributed by atoms with Crippen LogP contribution in [0.4, 0.5) is 0 Å². The van der Waals surface area contributed by atoms with E-state index in [1.54, 1.807) is 24.3 Å². The molecule has 1 N–H and O–H groups in total. The Morgan fingerprint density at radius 3 is 2.75 bits per heavy atom. The zero-order valence-corrected chi connectivity index (χ0v) is 14.0. The molecule has 7 nitrogen and oxygen atoms in total. The number of nitrogens with one attached hydrogen (secondary N) is 1. The largest absolute Gasteiger partial charge is 0.493 e. The van der Waals surface area contributed by atoms with Crippen LogP contribution in [0.2, 0.25) is 0 Å². The van der Waals surface area contributed by atoms with E-state index in [9.17, 15) is 4.79 Å². The molecule has 0 spiro atoms. The third kappa shape index (κ3) is 5.26. The summed E-state index contributed by atoms with van der Waals surface area (Å²) in [7, 11) is 3.60. The van der Waals surface area contributed by atoms with E-state index in [1.807, 2.05) is 11.1 Å². The third-order valence-electron chi connectivity index (χ3n) is 3.68. The topological polar surface area (TPSA) is 77.8 Å². The molecular formula is C17H22N4O3. The summed E-state index contributed by atoms with van der Waals surface area (Å²) in [6, 6.07) is 7.18. The first kappa shape index (κ1) is 17.8. The van der Waals surface area contributed by atoms with E-state index in [1.165, 1.54) is 13.2 Å². The van der Waals surface area contributed by atoms with Gasteiger partial charge in [0.15, 0.2) is 18.1 Å². The van der Waals surface area contributed by atoms with E-state index in [0.717, 1.165) is 31.7 Å². The van der Waals surface area contributed by atoms with Gasteiger partial charge in [-0.2, -0.15) is 5.26 Å². The second kappa shape index (κ2) is 8.91. The number of nitrogens with zero attached hydrogens (tertiary/aromatic N) is 3. The van der Waals surface area contributed by atoms with E-state index >= 15 is 0 Å².